The van der Waals surface area contributed by atoms with Crippen LogP contribution < -0.4 is 11.1 Å². The van der Waals surface area contributed by atoms with Gasteiger partial charge in [0.2, 0.25) is 0 Å². The molecule has 0 heterocycles. The van der Waals surface area contributed by atoms with Crippen LogP contribution in [0.5, 0.6) is 0 Å². The number of aryl methyl sites for hydroxylation is 1. The first-order valence-corrected chi connectivity index (χ1v) is 7.31. The van der Waals surface area contributed by atoms with Crippen LogP contribution >= 0.6 is 11.6 Å². The number of hydrogen-bond donors (Lipinski definition) is 2. The van der Waals surface area contributed by atoms with Crippen molar-refractivity contribution in [3.05, 3.63) is 64.2 Å². The van der Waals surface area contributed by atoms with Gasteiger partial charge < -0.3 is 11.1 Å². The Kier molecular flexibility index (Phi) is 4.86. The summed E-state index contributed by atoms with van der Waals surface area (Å²) >= 11 is 6.01. The molecule has 1 unspecified atom stereocenters. The van der Waals surface area contributed by atoms with E-state index >= 15 is 0 Å². The van der Waals surface area contributed by atoms with Crippen molar-refractivity contribution in [2.24, 2.45) is 0 Å². The molecule has 0 aromatic heterocycles. The Hall–Kier alpha value is -2.00. The molecule has 0 spiro atoms. The molecule has 0 saturated carbocycles. The van der Waals surface area contributed by atoms with Crippen molar-refractivity contribution in [1.82, 2.24) is 5.32 Å². The zero-order valence-electron chi connectivity index (χ0n) is 12.2. The first kappa shape index (κ1) is 15.4. The topological polar surface area (TPSA) is 55.1 Å². The fraction of sp³-hybridized carbons (Fsp3) is 0.235. The number of anilines is 1. The maximum atomic E-state index is 12.3. The summed E-state index contributed by atoms with van der Waals surface area (Å²) in [6.07, 6.45) is 0.785. The number of amides is 1. The molecule has 2 aromatic carbocycles. The predicted octanol–water partition coefficient (Wildman–Crippen LogP) is 4.11. The van der Waals surface area contributed by atoms with Crippen molar-refractivity contribution in [3.8, 4) is 0 Å². The first-order valence-electron chi connectivity index (χ1n) is 6.93. The highest BCUT2D eigenvalue weighted by Crippen LogP contribution is 2.21. The highest BCUT2D eigenvalue weighted by atomic mass is 35.5. The monoisotopic (exact) mass is 302 g/mol. The van der Waals surface area contributed by atoms with E-state index in [0.29, 0.717) is 16.3 Å². The maximum Gasteiger partial charge on any atom is 0.251 e. The van der Waals surface area contributed by atoms with Crippen molar-refractivity contribution in [2.75, 3.05) is 5.73 Å². The Labute approximate surface area is 130 Å². The fourth-order valence-electron chi connectivity index (χ4n) is 2.17. The van der Waals surface area contributed by atoms with Gasteiger partial charge in [-0.1, -0.05) is 36.7 Å². The molecule has 0 aliphatic rings. The largest absolute Gasteiger partial charge is 0.398 e. The minimum atomic E-state index is -0.131. The number of nitrogen functional groups attached to an aromatic ring is 1. The molecule has 2 aromatic rings. The van der Waals surface area contributed by atoms with Gasteiger partial charge >= 0.3 is 0 Å². The van der Waals surface area contributed by atoms with E-state index in [-0.39, 0.29) is 11.9 Å². The van der Waals surface area contributed by atoms with Gasteiger partial charge in [0, 0.05) is 16.3 Å². The average Bonchev–Trinajstić information content (AvgIpc) is 2.47. The van der Waals surface area contributed by atoms with E-state index in [9.17, 15) is 4.79 Å². The summed E-state index contributed by atoms with van der Waals surface area (Å²) in [5.41, 5.74) is 9.01. The van der Waals surface area contributed by atoms with E-state index in [4.69, 9.17) is 17.3 Å². The zero-order chi connectivity index (χ0) is 15.4. The second kappa shape index (κ2) is 6.64. The van der Waals surface area contributed by atoms with Crippen LogP contribution in [0.15, 0.2) is 42.5 Å². The molecule has 110 valence electrons. The summed E-state index contributed by atoms with van der Waals surface area (Å²) in [7, 11) is 0. The lowest BCUT2D eigenvalue weighted by Gasteiger charge is -2.18. The van der Waals surface area contributed by atoms with Crippen molar-refractivity contribution in [3.63, 3.8) is 0 Å². The van der Waals surface area contributed by atoms with Gasteiger partial charge in [0.1, 0.15) is 0 Å². The van der Waals surface area contributed by atoms with Crippen molar-refractivity contribution < 1.29 is 4.79 Å². The quantitative estimate of drug-likeness (QED) is 0.835. The average molecular weight is 303 g/mol. The molecule has 3 N–H and O–H groups in total. The van der Waals surface area contributed by atoms with Crippen LogP contribution in [-0.2, 0) is 0 Å². The van der Waals surface area contributed by atoms with E-state index in [1.807, 2.05) is 44.2 Å². The molecule has 1 atom stereocenters. The summed E-state index contributed by atoms with van der Waals surface area (Å²) in [5.74, 6) is -0.131. The number of carbonyl (C=O) groups excluding carboxylic acids is 1. The molecule has 4 heteroatoms. The number of nitrogens with one attached hydrogen (secondary N) is 1. The van der Waals surface area contributed by atoms with E-state index < -0.39 is 0 Å². The second-order valence-electron chi connectivity index (χ2n) is 5.06. The molecule has 21 heavy (non-hydrogen) atoms. The van der Waals surface area contributed by atoms with E-state index in [2.05, 4.69) is 5.32 Å². The number of benzene rings is 2. The Balaban J connectivity index is 2.18. The zero-order valence-corrected chi connectivity index (χ0v) is 12.9. The summed E-state index contributed by atoms with van der Waals surface area (Å²) in [6.45, 7) is 3.94. The molecule has 0 radical (unpaired) electrons. The van der Waals surface area contributed by atoms with Gasteiger partial charge in [-0.05, 0) is 48.7 Å². The fourth-order valence-corrected chi connectivity index (χ4v) is 2.37. The Morgan fingerprint density at radius 3 is 2.67 bits per heavy atom. The van der Waals surface area contributed by atoms with E-state index in [1.54, 1.807) is 12.1 Å². The number of carbonyl (C=O) groups is 1. The third kappa shape index (κ3) is 3.76. The van der Waals surface area contributed by atoms with Crippen molar-refractivity contribution >= 4 is 23.2 Å². The van der Waals surface area contributed by atoms with Gasteiger partial charge in [-0.15, -0.1) is 0 Å². The molecule has 0 fully saturated rings. The van der Waals surface area contributed by atoms with Crippen LogP contribution in [0.4, 0.5) is 5.69 Å². The SMILES string of the molecule is CCC(NC(=O)c1ccc(C)c(N)c1)c1cccc(Cl)c1. The highest BCUT2D eigenvalue weighted by molar-refractivity contribution is 6.30. The van der Waals surface area contributed by atoms with Crippen LogP contribution in [-0.4, -0.2) is 5.91 Å². The van der Waals surface area contributed by atoms with Crippen LogP contribution in [0.25, 0.3) is 0 Å². The van der Waals surface area contributed by atoms with Crippen molar-refractivity contribution in [1.29, 1.82) is 0 Å². The van der Waals surface area contributed by atoms with E-state index in [0.717, 1.165) is 17.5 Å². The number of nitrogens with two attached hydrogens (primary N) is 1. The van der Waals surface area contributed by atoms with Gasteiger partial charge in [-0.2, -0.15) is 0 Å². The van der Waals surface area contributed by atoms with Crippen LogP contribution in [0.3, 0.4) is 0 Å². The van der Waals surface area contributed by atoms with Gasteiger partial charge in [-0.25, -0.2) is 0 Å². The lowest BCUT2D eigenvalue weighted by atomic mass is 10.0. The van der Waals surface area contributed by atoms with Gasteiger partial charge in [0.25, 0.3) is 5.91 Å². The Morgan fingerprint density at radius 1 is 1.29 bits per heavy atom. The summed E-state index contributed by atoms with van der Waals surface area (Å²) in [6, 6.07) is 12.8. The van der Waals surface area contributed by atoms with Crippen LogP contribution in [0.1, 0.15) is 40.9 Å². The lowest BCUT2D eigenvalue weighted by molar-refractivity contribution is 0.0935. The number of rotatable bonds is 4. The third-order valence-electron chi connectivity index (χ3n) is 3.51. The molecule has 1 amide bonds. The van der Waals surface area contributed by atoms with E-state index in [1.165, 1.54) is 0 Å². The molecule has 0 bridgehead atoms. The molecule has 0 saturated heterocycles. The highest BCUT2D eigenvalue weighted by Gasteiger charge is 2.14. The predicted molar refractivity (Wildman–Crippen MR) is 87.5 cm³/mol. The molecule has 0 aliphatic heterocycles. The molecular weight excluding hydrogens is 284 g/mol. The number of hydrogen-bond acceptors (Lipinski definition) is 2. The number of halogens is 1. The Morgan fingerprint density at radius 2 is 2.05 bits per heavy atom. The smallest absolute Gasteiger partial charge is 0.251 e. The third-order valence-corrected chi connectivity index (χ3v) is 3.74. The standard InChI is InChI=1S/C17H19ClN2O/c1-3-16(12-5-4-6-14(18)9-12)20-17(21)13-8-7-11(2)15(19)10-13/h4-10,16H,3,19H2,1-2H3,(H,20,21). The minimum absolute atomic E-state index is 0.0706. The molecule has 0 aliphatic carbocycles. The molecule has 2 rings (SSSR count). The second-order valence-corrected chi connectivity index (χ2v) is 5.50. The van der Waals surface area contributed by atoms with Crippen molar-refractivity contribution in [2.45, 2.75) is 26.3 Å². The van der Waals surface area contributed by atoms with Crippen LogP contribution in [0.2, 0.25) is 5.02 Å². The summed E-state index contributed by atoms with van der Waals surface area (Å²) in [5, 5.41) is 3.69. The maximum absolute atomic E-state index is 12.3. The Bertz CT molecular complexity index is 655. The van der Waals surface area contributed by atoms with Gasteiger partial charge in [-0.3, -0.25) is 4.79 Å². The summed E-state index contributed by atoms with van der Waals surface area (Å²) < 4.78 is 0. The van der Waals surface area contributed by atoms with Crippen LogP contribution in [0, 0.1) is 6.92 Å². The lowest BCUT2D eigenvalue weighted by Crippen LogP contribution is -2.28. The molecular formula is C17H19ClN2O. The normalized spacial score (nSPS) is 12.0. The molecule has 3 nitrogen and oxygen atoms in total. The summed E-state index contributed by atoms with van der Waals surface area (Å²) in [4.78, 5) is 12.3. The van der Waals surface area contributed by atoms with Gasteiger partial charge in [0.05, 0.1) is 6.04 Å². The first-order chi connectivity index (χ1) is 10.0. The van der Waals surface area contributed by atoms with Gasteiger partial charge in [0.15, 0.2) is 0 Å². The minimum Gasteiger partial charge on any atom is -0.398 e.